The van der Waals surface area contributed by atoms with Crippen LogP contribution in [0.1, 0.15) is 58.6 Å². The average molecular weight is 347 g/mol. The lowest BCUT2D eigenvalue weighted by Crippen LogP contribution is -2.14. The molecule has 1 aliphatic rings. The molecule has 3 rings (SSSR count). The first-order chi connectivity index (χ1) is 12.5. The summed E-state index contributed by atoms with van der Waals surface area (Å²) in [7, 11) is 0. The second kappa shape index (κ2) is 11.3. The lowest BCUT2D eigenvalue weighted by atomic mass is 9.82. The Morgan fingerprint density at radius 1 is 0.769 bits per heavy atom. The standard InChI is InChI=1S/C15H14.C7H10.C4H10/c1-15(2)13-9-5-3-7-11(13)12-8-4-6-10-14(12)15;1-3-5-7-6-4-2;1-3-4-2/h3-10H,1-2H3;3-7H,1H2,2H3;3-4H2,1-2H3/b;6-4-,7-5-;. The van der Waals surface area contributed by atoms with Crippen molar-refractivity contribution < 1.29 is 0 Å². The van der Waals surface area contributed by atoms with Crippen LogP contribution in [0.4, 0.5) is 0 Å². The maximum absolute atomic E-state index is 3.51. The highest BCUT2D eigenvalue weighted by molar-refractivity contribution is 5.80. The van der Waals surface area contributed by atoms with Gasteiger partial charge in [-0.2, -0.15) is 0 Å². The van der Waals surface area contributed by atoms with Crippen LogP contribution in [0.25, 0.3) is 11.1 Å². The van der Waals surface area contributed by atoms with Crippen LogP contribution in [0, 0.1) is 0 Å². The van der Waals surface area contributed by atoms with Gasteiger partial charge in [-0.25, -0.2) is 0 Å². The maximum Gasteiger partial charge on any atom is 0.0158 e. The van der Waals surface area contributed by atoms with E-state index in [2.05, 4.69) is 82.8 Å². The Morgan fingerprint density at radius 3 is 1.62 bits per heavy atom. The largest absolute Gasteiger partial charge is 0.0991 e. The summed E-state index contributed by atoms with van der Waals surface area (Å²) < 4.78 is 0. The summed E-state index contributed by atoms with van der Waals surface area (Å²) in [5.41, 5.74) is 5.86. The minimum absolute atomic E-state index is 0.160. The first-order valence-corrected chi connectivity index (χ1v) is 9.64. The van der Waals surface area contributed by atoms with Crippen molar-refractivity contribution in [2.75, 3.05) is 0 Å². The Hall–Kier alpha value is -2.34. The predicted octanol–water partition coefficient (Wildman–Crippen LogP) is 8.10. The molecule has 0 radical (unpaired) electrons. The van der Waals surface area contributed by atoms with Gasteiger partial charge >= 0.3 is 0 Å². The summed E-state index contributed by atoms with van der Waals surface area (Å²) in [6, 6.07) is 17.4. The molecule has 0 unspecified atom stereocenters. The van der Waals surface area contributed by atoms with Crippen LogP contribution in [0.2, 0.25) is 0 Å². The molecule has 0 spiro atoms. The average Bonchev–Trinajstić information content (AvgIpc) is 2.91. The summed E-state index contributed by atoms with van der Waals surface area (Å²) in [5, 5.41) is 0. The fourth-order valence-electron chi connectivity index (χ4n) is 2.92. The van der Waals surface area contributed by atoms with Crippen molar-refractivity contribution in [3.05, 3.63) is 96.6 Å². The maximum atomic E-state index is 3.51. The first kappa shape index (κ1) is 21.7. The summed E-state index contributed by atoms with van der Waals surface area (Å²) in [6.45, 7) is 14.5. The van der Waals surface area contributed by atoms with Gasteiger partial charge in [-0.15, -0.1) is 0 Å². The van der Waals surface area contributed by atoms with Crippen molar-refractivity contribution in [3.8, 4) is 11.1 Å². The van der Waals surface area contributed by atoms with Crippen molar-refractivity contribution in [2.45, 2.75) is 52.9 Å². The molecule has 0 heteroatoms. The van der Waals surface area contributed by atoms with Gasteiger partial charge in [0.1, 0.15) is 0 Å². The molecule has 0 saturated carbocycles. The normalized spacial score (nSPS) is 13.3. The first-order valence-electron chi connectivity index (χ1n) is 9.64. The molecule has 0 amide bonds. The molecule has 0 nitrogen and oxygen atoms in total. The van der Waals surface area contributed by atoms with Crippen LogP contribution in [0.15, 0.2) is 85.5 Å². The van der Waals surface area contributed by atoms with E-state index in [1.807, 2.05) is 31.2 Å². The molecule has 0 fully saturated rings. The molecule has 0 atom stereocenters. The van der Waals surface area contributed by atoms with Gasteiger partial charge in [0.15, 0.2) is 0 Å². The predicted molar refractivity (Wildman–Crippen MR) is 119 cm³/mol. The third-order valence-corrected chi connectivity index (χ3v) is 4.54. The molecule has 138 valence electrons. The molecular formula is C26H34. The molecule has 0 aromatic heterocycles. The van der Waals surface area contributed by atoms with Crippen LogP contribution in [0.3, 0.4) is 0 Å². The Balaban J connectivity index is 0.000000260. The topological polar surface area (TPSA) is 0 Å². The molecule has 26 heavy (non-hydrogen) atoms. The molecule has 0 aliphatic heterocycles. The van der Waals surface area contributed by atoms with Gasteiger partial charge in [-0.3, -0.25) is 0 Å². The Kier molecular flexibility index (Phi) is 9.44. The van der Waals surface area contributed by atoms with Gasteiger partial charge in [-0.05, 0) is 29.2 Å². The Labute approximate surface area is 161 Å². The van der Waals surface area contributed by atoms with Crippen LogP contribution >= 0.6 is 0 Å². The molecule has 2 aromatic carbocycles. The van der Waals surface area contributed by atoms with Crippen molar-refractivity contribution >= 4 is 0 Å². The van der Waals surface area contributed by atoms with Gasteiger partial charge in [0.2, 0.25) is 0 Å². The number of benzene rings is 2. The Morgan fingerprint density at radius 2 is 1.23 bits per heavy atom. The van der Waals surface area contributed by atoms with Gasteiger partial charge in [0.25, 0.3) is 0 Å². The second-order valence-electron chi connectivity index (χ2n) is 6.86. The summed E-state index contributed by atoms with van der Waals surface area (Å²) in [5.74, 6) is 0. The zero-order chi connectivity index (χ0) is 19.4. The SMILES string of the molecule is C=C/C=C\C=C/C.CC1(C)c2ccccc2-c2ccccc21.CCCC. The van der Waals surface area contributed by atoms with Gasteiger partial charge in [-0.1, -0.05) is 126 Å². The fourth-order valence-corrected chi connectivity index (χ4v) is 2.92. The quantitative estimate of drug-likeness (QED) is 0.492. The molecule has 0 saturated heterocycles. The highest BCUT2D eigenvalue weighted by Gasteiger charge is 2.34. The molecule has 2 aromatic rings. The van der Waals surface area contributed by atoms with E-state index in [1.54, 1.807) is 6.08 Å². The fraction of sp³-hybridized carbons (Fsp3) is 0.308. The highest BCUT2D eigenvalue weighted by Crippen LogP contribution is 2.47. The van der Waals surface area contributed by atoms with E-state index in [4.69, 9.17) is 0 Å². The number of hydrogen-bond donors (Lipinski definition) is 0. The van der Waals surface area contributed by atoms with Crippen molar-refractivity contribution in [2.24, 2.45) is 0 Å². The molecule has 0 N–H and O–H groups in total. The van der Waals surface area contributed by atoms with E-state index < -0.39 is 0 Å². The summed E-state index contributed by atoms with van der Waals surface area (Å²) >= 11 is 0. The van der Waals surface area contributed by atoms with E-state index >= 15 is 0 Å². The van der Waals surface area contributed by atoms with Crippen LogP contribution in [0.5, 0.6) is 0 Å². The molecule has 1 aliphatic carbocycles. The van der Waals surface area contributed by atoms with E-state index in [0.717, 1.165) is 0 Å². The monoisotopic (exact) mass is 346 g/mol. The van der Waals surface area contributed by atoms with Crippen LogP contribution < -0.4 is 0 Å². The van der Waals surface area contributed by atoms with E-state index in [-0.39, 0.29) is 5.41 Å². The number of allylic oxidation sites excluding steroid dienone is 5. The molecule has 0 bridgehead atoms. The molecular weight excluding hydrogens is 312 g/mol. The number of hydrogen-bond acceptors (Lipinski definition) is 0. The van der Waals surface area contributed by atoms with E-state index in [1.165, 1.54) is 35.1 Å². The van der Waals surface area contributed by atoms with Gasteiger partial charge < -0.3 is 0 Å². The lowest BCUT2D eigenvalue weighted by molar-refractivity contribution is 0.660. The van der Waals surface area contributed by atoms with Crippen LogP contribution in [-0.2, 0) is 5.41 Å². The van der Waals surface area contributed by atoms with Gasteiger partial charge in [0, 0.05) is 5.41 Å². The molecule has 0 heterocycles. The highest BCUT2D eigenvalue weighted by atomic mass is 14.4. The summed E-state index contributed by atoms with van der Waals surface area (Å²) in [6.07, 6.45) is 12.1. The zero-order valence-corrected chi connectivity index (χ0v) is 17.1. The Bertz CT molecular complexity index is 680. The van der Waals surface area contributed by atoms with E-state index in [0.29, 0.717) is 0 Å². The van der Waals surface area contributed by atoms with Crippen molar-refractivity contribution in [1.82, 2.24) is 0 Å². The minimum atomic E-state index is 0.160. The minimum Gasteiger partial charge on any atom is -0.0991 e. The number of rotatable bonds is 3. The van der Waals surface area contributed by atoms with Gasteiger partial charge in [0.05, 0.1) is 0 Å². The second-order valence-corrected chi connectivity index (χ2v) is 6.86. The number of unbranched alkanes of at least 4 members (excludes halogenated alkanes) is 1. The smallest absolute Gasteiger partial charge is 0.0158 e. The summed E-state index contributed by atoms with van der Waals surface area (Å²) in [4.78, 5) is 0. The third-order valence-electron chi connectivity index (χ3n) is 4.54. The van der Waals surface area contributed by atoms with Crippen molar-refractivity contribution in [3.63, 3.8) is 0 Å². The third kappa shape index (κ3) is 5.59. The zero-order valence-electron chi connectivity index (χ0n) is 17.1. The van der Waals surface area contributed by atoms with Crippen LogP contribution in [-0.4, -0.2) is 0 Å². The van der Waals surface area contributed by atoms with E-state index in [9.17, 15) is 0 Å². The lowest BCUT2D eigenvalue weighted by Gasteiger charge is -2.20. The number of fused-ring (bicyclic) bond motifs is 3. The van der Waals surface area contributed by atoms with Crippen molar-refractivity contribution in [1.29, 1.82) is 0 Å².